The van der Waals surface area contributed by atoms with Gasteiger partial charge < -0.3 is 9.64 Å². The number of halogens is 2. The first-order valence-electron chi connectivity index (χ1n) is 11.5. The van der Waals surface area contributed by atoms with E-state index in [0.717, 1.165) is 25.9 Å². The fourth-order valence-electron chi connectivity index (χ4n) is 4.28. The van der Waals surface area contributed by atoms with Gasteiger partial charge in [-0.1, -0.05) is 35.5 Å². The molecule has 6 nitrogen and oxygen atoms in total. The van der Waals surface area contributed by atoms with Crippen LogP contribution in [0.15, 0.2) is 70.6 Å². The first kappa shape index (κ1) is 24.3. The number of benzene rings is 3. The molecule has 0 aliphatic carbocycles. The first-order chi connectivity index (χ1) is 17.5. The number of hydrogen-bond donors (Lipinski definition) is 0. The molecule has 2 heterocycles. The maximum absolute atomic E-state index is 14.5. The molecule has 184 valence electrons. The average molecular weight is 524 g/mol. The van der Waals surface area contributed by atoms with Crippen LogP contribution in [-0.2, 0) is 5.75 Å². The molecule has 0 unspecified atom stereocenters. The van der Waals surface area contributed by atoms with Gasteiger partial charge in [0.25, 0.3) is 11.5 Å². The Labute approximate surface area is 216 Å². The molecular weight excluding hydrogens is 501 g/mol. The van der Waals surface area contributed by atoms with E-state index in [0.29, 0.717) is 43.6 Å². The van der Waals surface area contributed by atoms with Crippen LogP contribution >= 0.6 is 23.4 Å². The van der Waals surface area contributed by atoms with Crippen molar-refractivity contribution in [2.45, 2.75) is 23.8 Å². The summed E-state index contributed by atoms with van der Waals surface area (Å²) in [5.41, 5.74) is 1.49. The minimum Gasteiger partial charge on any atom is -0.497 e. The average Bonchev–Trinajstić information content (AvgIpc) is 3.43. The molecule has 1 aliphatic heterocycles. The normalized spacial score (nSPS) is 13.4. The smallest absolute Gasteiger partial charge is 0.266 e. The summed E-state index contributed by atoms with van der Waals surface area (Å²) >= 11 is 7.43. The molecule has 0 N–H and O–H groups in total. The number of hydrogen-bond acceptors (Lipinski definition) is 5. The number of fused-ring (bicyclic) bond motifs is 1. The minimum atomic E-state index is -0.426. The van der Waals surface area contributed by atoms with E-state index in [1.807, 2.05) is 4.90 Å². The molecule has 1 fully saturated rings. The predicted octanol–water partition coefficient (Wildman–Crippen LogP) is 5.72. The molecule has 0 atom stereocenters. The second kappa shape index (κ2) is 10.3. The fraction of sp³-hybridized carbons (Fsp3) is 0.222. The molecule has 1 amide bonds. The summed E-state index contributed by atoms with van der Waals surface area (Å²) < 4.78 is 21.3. The molecule has 36 heavy (non-hydrogen) atoms. The van der Waals surface area contributed by atoms with Crippen LogP contribution in [0.3, 0.4) is 0 Å². The predicted molar refractivity (Wildman–Crippen MR) is 140 cm³/mol. The topological polar surface area (TPSA) is 64.4 Å². The second-order valence-electron chi connectivity index (χ2n) is 8.46. The van der Waals surface area contributed by atoms with Crippen LogP contribution in [0.2, 0.25) is 5.02 Å². The summed E-state index contributed by atoms with van der Waals surface area (Å²) in [5.74, 6) is 0.254. The highest BCUT2D eigenvalue weighted by Gasteiger charge is 2.21. The van der Waals surface area contributed by atoms with E-state index in [1.54, 1.807) is 61.7 Å². The van der Waals surface area contributed by atoms with Gasteiger partial charge in [-0.25, -0.2) is 9.37 Å². The van der Waals surface area contributed by atoms with E-state index in [2.05, 4.69) is 0 Å². The Morgan fingerprint density at radius 1 is 1.11 bits per heavy atom. The highest BCUT2D eigenvalue weighted by Crippen LogP contribution is 2.30. The van der Waals surface area contributed by atoms with Gasteiger partial charge in [0, 0.05) is 41.1 Å². The van der Waals surface area contributed by atoms with Gasteiger partial charge in [-0.05, 0) is 55.3 Å². The summed E-state index contributed by atoms with van der Waals surface area (Å²) in [6.45, 7) is 1.46. The van der Waals surface area contributed by atoms with Crippen molar-refractivity contribution in [2.24, 2.45) is 0 Å². The summed E-state index contributed by atoms with van der Waals surface area (Å²) in [6, 6.07) is 16.6. The van der Waals surface area contributed by atoms with E-state index in [9.17, 15) is 14.0 Å². The second-order valence-corrected chi connectivity index (χ2v) is 9.81. The zero-order chi connectivity index (χ0) is 25.2. The molecule has 0 radical (unpaired) electrons. The Hall–Kier alpha value is -3.36. The lowest BCUT2D eigenvalue weighted by molar-refractivity contribution is 0.0793. The molecule has 3 aromatic carbocycles. The van der Waals surface area contributed by atoms with Crippen molar-refractivity contribution >= 4 is 40.2 Å². The molecule has 0 saturated carbocycles. The highest BCUT2D eigenvalue weighted by atomic mass is 35.5. The minimum absolute atomic E-state index is 0.0690. The Morgan fingerprint density at radius 3 is 2.64 bits per heavy atom. The zero-order valence-corrected chi connectivity index (χ0v) is 21.1. The number of carbonyl (C=O) groups is 1. The number of carbonyl (C=O) groups excluding carboxylic acids is 1. The Morgan fingerprint density at radius 2 is 1.89 bits per heavy atom. The van der Waals surface area contributed by atoms with Crippen molar-refractivity contribution in [3.63, 3.8) is 0 Å². The quantitative estimate of drug-likeness (QED) is 0.239. The van der Waals surface area contributed by atoms with E-state index in [4.69, 9.17) is 21.3 Å². The van der Waals surface area contributed by atoms with Crippen LogP contribution in [0.25, 0.3) is 16.6 Å². The summed E-state index contributed by atoms with van der Waals surface area (Å²) in [5, 5.41) is 1.03. The van der Waals surface area contributed by atoms with E-state index < -0.39 is 5.82 Å². The number of ether oxygens (including phenoxy) is 1. The Kier molecular flexibility index (Phi) is 6.98. The summed E-state index contributed by atoms with van der Waals surface area (Å²) in [7, 11) is 1.55. The number of nitrogens with zero attached hydrogens (tertiary/aromatic N) is 3. The molecule has 5 rings (SSSR count). The van der Waals surface area contributed by atoms with Crippen LogP contribution in [0, 0.1) is 5.82 Å². The van der Waals surface area contributed by atoms with Gasteiger partial charge >= 0.3 is 0 Å². The molecule has 4 aromatic rings. The maximum atomic E-state index is 14.5. The lowest BCUT2D eigenvalue weighted by atomic mass is 10.1. The largest absolute Gasteiger partial charge is 0.497 e. The third kappa shape index (κ3) is 4.70. The molecule has 0 bridgehead atoms. The molecule has 1 aromatic heterocycles. The number of thioether (sulfide) groups is 1. The van der Waals surface area contributed by atoms with Crippen molar-refractivity contribution < 1.29 is 13.9 Å². The molecule has 9 heteroatoms. The van der Waals surface area contributed by atoms with Gasteiger partial charge in [-0.3, -0.25) is 14.2 Å². The van der Waals surface area contributed by atoms with Crippen LogP contribution in [-0.4, -0.2) is 40.6 Å². The molecule has 0 spiro atoms. The third-order valence-corrected chi connectivity index (χ3v) is 7.52. The number of aromatic nitrogens is 2. The van der Waals surface area contributed by atoms with Crippen molar-refractivity contribution in [1.29, 1.82) is 0 Å². The van der Waals surface area contributed by atoms with Gasteiger partial charge in [-0.15, -0.1) is 0 Å². The van der Waals surface area contributed by atoms with Crippen molar-refractivity contribution in [3.05, 3.63) is 93.0 Å². The fourth-order valence-corrected chi connectivity index (χ4v) is 5.64. The van der Waals surface area contributed by atoms with Crippen LogP contribution in [0.1, 0.15) is 28.8 Å². The highest BCUT2D eigenvalue weighted by molar-refractivity contribution is 7.98. The van der Waals surface area contributed by atoms with Gasteiger partial charge in [0.15, 0.2) is 5.16 Å². The van der Waals surface area contributed by atoms with Crippen LogP contribution in [0.5, 0.6) is 5.75 Å². The lowest BCUT2D eigenvalue weighted by Crippen LogP contribution is -2.28. The third-order valence-electron chi connectivity index (χ3n) is 6.20. The number of amides is 1. The molecule has 1 saturated heterocycles. The van der Waals surface area contributed by atoms with E-state index >= 15 is 0 Å². The monoisotopic (exact) mass is 523 g/mol. The maximum Gasteiger partial charge on any atom is 0.266 e. The Bertz CT molecular complexity index is 1500. The van der Waals surface area contributed by atoms with Gasteiger partial charge in [-0.2, -0.15) is 0 Å². The lowest BCUT2D eigenvalue weighted by Gasteiger charge is -2.17. The van der Waals surface area contributed by atoms with Gasteiger partial charge in [0.2, 0.25) is 0 Å². The number of rotatable bonds is 6. The first-order valence-corrected chi connectivity index (χ1v) is 12.9. The van der Waals surface area contributed by atoms with Gasteiger partial charge in [0.1, 0.15) is 11.6 Å². The van der Waals surface area contributed by atoms with Gasteiger partial charge in [0.05, 0.1) is 23.7 Å². The zero-order valence-electron chi connectivity index (χ0n) is 19.5. The van der Waals surface area contributed by atoms with Crippen molar-refractivity contribution in [2.75, 3.05) is 20.2 Å². The molecular formula is C27H23ClFN3O3S. The number of methoxy groups -OCH3 is 1. The number of likely N-dealkylation sites (tertiary alicyclic amines) is 1. The van der Waals surface area contributed by atoms with Crippen LogP contribution in [0.4, 0.5) is 4.39 Å². The van der Waals surface area contributed by atoms with Crippen LogP contribution < -0.4 is 10.3 Å². The summed E-state index contributed by atoms with van der Waals surface area (Å²) in [4.78, 5) is 33.2. The standard InChI is InChI=1S/C27H23ClFN3O3S/c1-35-19-7-4-6-18(15-19)32-26(34)20-11-10-17(25(33)31-12-2-3-13-31)14-24(20)30-27(32)36-16-21-22(28)8-5-9-23(21)29/h4-11,14-15H,2-3,12-13,16H2,1H3. The SMILES string of the molecule is COc1cccc(-n2c(SCc3c(F)cccc3Cl)nc3cc(C(=O)N4CCCC4)ccc3c2=O)c1. The summed E-state index contributed by atoms with van der Waals surface area (Å²) in [6.07, 6.45) is 1.98. The van der Waals surface area contributed by atoms with E-state index in [-0.39, 0.29) is 17.2 Å². The van der Waals surface area contributed by atoms with E-state index in [1.165, 1.54) is 22.4 Å². The Balaban J connectivity index is 1.63. The van der Waals surface area contributed by atoms with Crippen molar-refractivity contribution in [3.8, 4) is 11.4 Å². The van der Waals surface area contributed by atoms with Crippen molar-refractivity contribution in [1.82, 2.24) is 14.5 Å². The molecule has 1 aliphatic rings.